The molecule has 1 saturated heterocycles. The largest absolute Gasteiger partial charge is 0.439 e. The predicted octanol–water partition coefficient (Wildman–Crippen LogP) is 3.81. The maximum atomic E-state index is 14.1. The van der Waals surface area contributed by atoms with E-state index in [4.69, 9.17) is 4.74 Å². The molecule has 0 aromatic heterocycles. The second kappa shape index (κ2) is 13.9. The van der Waals surface area contributed by atoms with Crippen LogP contribution in [-0.4, -0.2) is 61.9 Å². The van der Waals surface area contributed by atoms with E-state index >= 15 is 0 Å². The molecule has 9 heteroatoms. The molecule has 2 N–H and O–H groups in total. The SMILES string of the molecule is O=C1CCCCCCCC(=O)C2(O1)C(=O)CCCCCCCC(=O)C2(O)C1(O)C(=O)CCCCCCCC1=O. The summed E-state index contributed by atoms with van der Waals surface area (Å²) in [6.45, 7) is 0. The number of ether oxygens (including phenoxy) is 1. The highest BCUT2D eigenvalue weighted by atomic mass is 16.6. The average molecular weight is 549 g/mol. The van der Waals surface area contributed by atoms with Crippen LogP contribution in [0.3, 0.4) is 0 Å². The molecule has 218 valence electrons. The molecular weight excluding hydrogens is 504 g/mol. The van der Waals surface area contributed by atoms with E-state index < -0.39 is 51.7 Å². The van der Waals surface area contributed by atoms with Gasteiger partial charge in [0.25, 0.3) is 5.60 Å². The fourth-order valence-corrected chi connectivity index (χ4v) is 6.36. The molecule has 2 unspecified atom stereocenters. The van der Waals surface area contributed by atoms with Gasteiger partial charge in [0.05, 0.1) is 0 Å². The minimum absolute atomic E-state index is 0.174. The van der Waals surface area contributed by atoms with Gasteiger partial charge in [0.2, 0.25) is 11.2 Å². The molecule has 3 fully saturated rings. The Balaban J connectivity index is 2.35. The van der Waals surface area contributed by atoms with E-state index in [2.05, 4.69) is 0 Å². The third kappa shape index (κ3) is 6.24. The summed E-state index contributed by atoms with van der Waals surface area (Å²) in [6.07, 6.45) is 6.00. The normalized spacial score (nSPS) is 31.6. The van der Waals surface area contributed by atoms with Gasteiger partial charge in [-0.25, -0.2) is 0 Å². The Bertz CT molecular complexity index is 914. The van der Waals surface area contributed by atoms with Gasteiger partial charge in [0, 0.05) is 38.5 Å². The van der Waals surface area contributed by atoms with E-state index in [0.717, 1.165) is 12.8 Å². The number of esters is 1. The van der Waals surface area contributed by atoms with Crippen molar-refractivity contribution in [3.63, 3.8) is 0 Å². The maximum Gasteiger partial charge on any atom is 0.307 e. The zero-order valence-electron chi connectivity index (χ0n) is 23.1. The minimum Gasteiger partial charge on any atom is -0.439 e. The first-order valence-electron chi connectivity index (χ1n) is 15.0. The topological polar surface area (TPSA) is 152 Å². The average Bonchev–Trinajstić information content (AvgIpc) is 2.95. The first-order valence-corrected chi connectivity index (χ1v) is 15.0. The summed E-state index contributed by atoms with van der Waals surface area (Å²) >= 11 is 0. The van der Waals surface area contributed by atoms with Crippen LogP contribution in [0.5, 0.6) is 0 Å². The van der Waals surface area contributed by atoms with Crippen LogP contribution in [0.25, 0.3) is 0 Å². The number of carbonyl (C=O) groups is 6. The van der Waals surface area contributed by atoms with E-state index in [1.807, 2.05) is 0 Å². The molecule has 39 heavy (non-hydrogen) atoms. The molecule has 2 saturated carbocycles. The van der Waals surface area contributed by atoms with Crippen molar-refractivity contribution in [2.24, 2.45) is 0 Å². The Morgan fingerprint density at radius 3 is 1.13 bits per heavy atom. The fourth-order valence-electron chi connectivity index (χ4n) is 6.36. The van der Waals surface area contributed by atoms with E-state index in [9.17, 15) is 39.0 Å². The molecule has 3 aliphatic rings. The Morgan fingerprint density at radius 2 is 0.718 bits per heavy atom. The number of carbonyl (C=O) groups excluding carboxylic acids is 6. The predicted molar refractivity (Wildman–Crippen MR) is 141 cm³/mol. The highest BCUT2D eigenvalue weighted by molar-refractivity contribution is 6.24. The fraction of sp³-hybridized carbons (Fsp3) is 0.800. The van der Waals surface area contributed by atoms with Gasteiger partial charge in [-0.05, 0) is 38.5 Å². The minimum atomic E-state index is -3.56. The van der Waals surface area contributed by atoms with Crippen molar-refractivity contribution in [1.29, 1.82) is 0 Å². The summed E-state index contributed by atoms with van der Waals surface area (Å²) < 4.78 is 5.66. The lowest BCUT2D eigenvalue weighted by Gasteiger charge is -2.49. The van der Waals surface area contributed by atoms with Crippen molar-refractivity contribution in [3.8, 4) is 0 Å². The lowest BCUT2D eigenvalue weighted by molar-refractivity contribution is -0.234. The van der Waals surface area contributed by atoms with Crippen LogP contribution in [-0.2, 0) is 33.5 Å². The van der Waals surface area contributed by atoms with Gasteiger partial charge in [-0.3, -0.25) is 28.8 Å². The number of aliphatic hydroxyl groups is 2. The van der Waals surface area contributed by atoms with Crippen LogP contribution in [0.1, 0.15) is 135 Å². The Hall–Kier alpha value is -2.26. The molecule has 1 spiro atoms. The van der Waals surface area contributed by atoms with Crippen molar-refractivity contribution in [1.82, 2.24) is 0 Å². The van der Waals surface area contributed by atoms with Crippen molar-refractivity contribution in [2.75, 3.05) is 0 Å². The number of hydrogen-bond acceptors (Lipinski definition) is 9. The molecule has 1 heterocycles. The second-order valence-corrected chi connectivity index (χ2v) is 11.5. The second-order valence-electron chi connectivity index (χ2n) is 11.5. The number of ketones is 5. The molecule has 0 amide bonds. The maximum absolute atomic E-state index is 14.1. The van der Waals surface area contributed by atoms with Gasteiger partial charge in [-0.2, -0.15) is 0 Å². The summed E-state index contributed by atoms with van der Waals surface area (Å²) in [6, 6.07) is 0. The van der Waals surface area contributed by atoms with Crippen LogP contribution in [0.2, 0.25) is 0 Å². The Labute approximate surface area is 230 Å². The van der Waals surface area contributed by atoms with Crippen molar-refractivity contribution in [2.45, 2.75) is 152 Å². The molecule has 2 atom stereocenters. The lowest BCUT2D eigenvalue weighted by atomic mass is 9.59. The zero-order valence-corrected chi connectivity index (χ0v) is 23.1. The van der Waals surface area contributed by atoms with E-state index in [-0.39, 0.29) is 44.9 Å². The first kappa shape index (κ1) is 31.3. The van der Waals surface area contributed by atoms with E-state index in [1.165, 1.54) is 0 Å². The monoisotopic (exact) mass is 548 g/mol. The molecule has 0 bridgehead atoms. The third-order valence-corrected chi connectivity index (χ3v) is 8.70. The molecule has 0 aromatic rings. The van der Waals surface area contributed by atoms with Crippen LogP contribution >= 0.6 is 0 Å². The molecule has 9 nitrogen and oxygen atoms in total. The highest BCUT2D eigenvalue weighted by Gasteiger charge is 2.78. The zero-order chi connectivity index (χ0) is 28.5. The number of Topliss-reactive ketones (excluding diaryl/α,β-unsaturated/α-hetero) is 5. The molecule has 0 radical (unpaired) electrons. The Morgan fingerprint density at radius 1 is 0.410 bits per heavy atom. The standard InChI is InChI=1S/C30H44O9/c31-22-16-10-4-1-5-11-17-23(32)28(22,37)30(38)26(35)20-14-8-2-6-12-18-24(33)29(30)25(34)19-13-7-3-9-15-21-27(36)39-29/h37-38H,1-21H2. The summed E-state index contributed by atoms with van der Waals surface area (Å²) in [5, 5.41) is 24.7. The van der Waals surface area contributed by atoms with Gasteiger partial charge in [0.15, 0.2) is 28.9 Å². The molecule has 1 aliphatic heterocycles. The van der Waals surface area contributed by atoms with Crippen molar-refractivity contribution >= 4 is 34.9 Å². The number of hydrogen-bond donors (Lipinski definition) is 2. The highest BCUT2D eigenvalue weighted by Crippen LogP contribution is 2.45. The van der Waals surface area contributed by atoms with Gasteiger partial charge in [-0.1, -0.05) is 57.8 Å². The summed E-state index contributed by atoms with van der Waals surface area (Å²) in [5.74, 6) is -6.48. The summed E-state index contributed by atoms with van der Waals surface area (Å²) in [7, 11) is 0. The number of rotatable bonds is 1. The third-order valence-electron chi connectivity index (χ3n) is 8.70. The van der Waals surface area contributed by atoms with Gasteiger partial charge < -0.3 is 14.9 Å². The summed E-state index contributed by atoms with van der Waals surface area (Å²) in [4.78, 5) is 83.0. The van der Waals surface area contributed by atoms with E-state index in [0.29, 0.717) is 77.0 Å². The lowest BCUT2D eigenvalue weighted by Crippen LogP contribution is -2.82. The van der Waals surface area contributed by atoms with Crippen molar-refractivity contribution < 1.29 is 43.7 Å². The summed E-state index contributed by atoms with van der Waals surface area (Å²) in [5.41, 5.74) is -10.1. The van der Waals surface area contributed by atoms with Crippen LogP contribution in [0.15, 0.2) is 0 Å². The molecule has 3 rings (SSSR count). The first-order chi connectivity index (χ1) is 18.6. The van der Waals surface area contributed by atoms with Gasteiger partial charge in [0.1, 0.15) is 0 Å². The van der Waals surface area contributed by atoms with Crippen LogP contribution < -0.4 is 0 Å². The van der Waals surface area contributed by atoms with Gasteiger partial charge >= 0.3 is 5.97 Å². The van der Waals surface area contributed by atoms with Crippen molar-refractivity contribution in [3.05, 3.63) is 0 Å². The van der Waals surface area contributed by atoms with E-state index in [1.54, 1.807) is 0 Å². The molecule has 0 aromatic carbocycles. The van der Waals surface area contributed by atoms with Crippen LogP contribution in [0.4, 0.5) is 0 Å². The Kier molecular flexibility index (Phi) is 11.1. The van der Waals surface area contributed by atoms with Crippen LogP contribution in [0, 0.1) is 0 Å². The quantitative estimate of drug-likeness (QED) is 0.368. The molecule has 2 aliphatic carbocycles. The smallest absolute Gasteiger partial charge is 0.307 e. The van der Waals surface area contributed by atoms with Gasteiger partial charge in [-0.15, -0.1) is 0 Å². The molecular formula is C30H44O9.